The predicted octanol–water partition coefficient (Wildman–Crippen LogP) is 6.47. The molecular formula is C29H27FN2O2. The molecule has 5 rings (SSSR count). The van der Waals surface area contributed by atoms with Gasteiger partial charge in [0.1, 0.15) is 11.6 Å². The lowest BCUT2D eigenvalue weighted by molar-refractivity contribution is -0.123. The van der Waals surface area contributed by atoms with Crippen molar-refractivity contribution in [1.82, 2.24) is 0 Å². The zero-order chi connectivity index (χ0) is 23.8. The maximum atomic E-state index is 13.8. The van der Waals surface area contributed by atoms with Crippen molar-refractivity contribution < 1.29 is 14.0 Å². The molecule has 3 aromatic rings. The predicted molar refractivity (Wildman–Crippen MR) is 132 cm³/mol. The maximum absolute atomic E-state index is 13.8. The number of anilines is 1. The third kappa shape index (κ3) is 3.96. The van der Waals surface area contributed by atoms with E-state index in [4.69, 9.17) is 4.99 Å². The third-order valence-electron chi connectivity index (χ3n) is 6.94. The molecule has 1 saturated carbocycles. The number of benzene rings is 3. The number of rotatable bonds is 3. The molecule has 1 heterocycles. The van der Waals surface area contributed by atoms with Crippen LogP contribution in [0.25, 0.3) is 0 Å². The van der Waals surface area contributed by atoms with E-state index in [-0.39, 0.29) is 29.8 Å². The second kappa shape index (κ2) is 8.98. The van der Waals surface area contributed by atoms with Gasteiger partial charge in [-0.15, -0.1) is 0 Å². The molecule has 3 aromatic carbocycles. The number of Topliss-reactive ketones (excluding diaryl/α,β-unsaturated/α-hetero) is 1. The van der Waals surface area contributed by atoms with Crippen LogP contribution in [-0.2, 0) is 9.59 Å². The Morgan fingerprint density at radius 1 is 0.971 bits per heavy atom. The lowest BCUT2D eigenvalue weighted by Crippen LogP contribution is -2.45. The van der Waals surface area contributed by atoms with Gasteiger partial charge in [0.25, 0.3) is 0 Å². The quantitative estimate of drug-likeness (QED) is 0.456. The number of fused-ring (bicyclic) bond motifs is 2. The summed E-state index contributed by atoms with van der Waals surface area (Å²) in [5.74, 6) is -0.916. The van der Waals surface area contributed by atoms with Crippen LogP contribution in [0.1, 0.15) is 54.8 Å². The summed E-state index contributed by atoms with van der Waals surface area (Å²) < 4.78 is 13.8. The largest absolute Gasteiger partial charge is 0.302 e. The fraction of sp³-hybridized carbons (Fsp3) is 0.276. The SMILES string of the molecule is CCC(=O)N1c2ccccc2N=C2CC(c3ccc(C)cc3)CC(=O)C2C1c1ccc(F)cc1. The zero-order valence-corrected chi connectivity index (χ0v) is 19.4. The highest BCUT2D eigenvalue weighted by Crippen LogP contribution is 2.47. The Labute approximate surface area is 199 Å². The normalized spacial score (nSPS) is 21.9. The summed E-state index contributed by atoms with van der Waals surface area (Å²) in [4.78, 5) is 33.8. The lowest BCUT2D eigenvalue weighted by atomic mass is 9.72. The van der Waals surface area contributed by atoms with Crippen LogP contribution in [0, 0.1) is 18.7 Å². The van der Waals surface area contributed by atoms with Gasteiger partial charge in [-0.05, 0) is 54.7 Å². The van der Waals surface area contributed by atoms with Crippen LogP contribution in [-0.4, -0.2) is 17.4 Å². The number of nitrogens with zero attached hydrogens (tertiary/aromatic N) is 2. The van der Waals surface area contributed by atoms with Gasteiger partial charge in [0.2, 0.25) is 5.91 Å². The highest BCUT2D eigenvalue weighted by molar-refractivity contribution is 6.13. The van der Waals surface area contributed by atoms with E-state index in [0.717, 1.165) is 16.8 Å². The average Bonchev–Trinajstić information content (AvgIpc) is 2.99. The molecule has 3 unspecified atom stereocenters. The van der Waals surface area contributed by atoms with Gasteiger partial charge in [-0.2, -0.15) is 0 Å². The van der Waals surface area contributed by atoms with E-state index in [9.17, 15) is 14.0 Å². The van der Waals surface area contributed by atoms with Gasteiger partial charge < -0.3 is 4.90 Å². The first-order chi connectivity index (χ1) is 16.5. The molecule has 0 spiro atoms. The molecule has 4 nitrogen and oxygen atoms in total. The summed E-state index contributed by atoms with van der Waals surface area (Å²) >= 11 is 0. The summed E-state index contributed by atoms with van der Waals surface area (Å²) in [6, 6.07) is 21.4. The number of para-hydroxylation sites is 2. The van der Waals surface area contributed by atoms with Crippen LogP contribution in [0.3, 0.4) is 0 Å². The molecule has 1 fully saturated rings. The minimum atomic E-state index is -0.574. The highest BCUT2D eigenvalue weighted by Gasteiger charge is 2.45. The Morgan fingerprint density at radius 3 is 2.35 bits per heavy atom. The molecule has 0 bridgehead atoms. The van der Waals surface area contributed by atoms with Crippen molar-refractivity contribution in [2.24, 2.45) is 10.9 Å². The van der Waals surface area contributed by atoms with Gasteiger partial charge in [-0.25, -0.2) is 4.39 Å². The number of halogens is 1. The number of hydrogen-bond donors (Lipinski definition) is 0. The lowest BCUT2D eigenvalue weighted by Gasteiger charge is -2.39. The fourth-order valence-electron chi connectivity index (χ4n) is 5.23. The Kier molecular flexibility index (Phi) is 5.86. The van der Waals surface area contributed by atoms with E-state index in [1.807, 2.05) is 38.1 Å². The standard InChI is InChI=1S/C29H27FN2O2/c1-3-27(34)32-25-7-5-4-6-23(25)31-24-16-21(19-10-8-18(2)9-11-19)17-26(33)28(24)29(32)20-12-14-22(30)15-13-20/h4-15,21,28-29H,3,16-17H2,1-2H3. The van der Waals surface area contributed by atoms with Crippen molar-refractivity contribution in [3.05, 3.63) is 95.3 Å². The van der Waals surface area contributed by atoms with Crippen LogP contribution in [0.4, 0.5) is 15.8 Å². The second-order valence-corrected chi connectivity index (χ2v) is 9.17. The van der Waals surface area contributed by atoms with Crippen molar-refractivity contribution in [2.45, 2.75) is 45.1 Å². The van der Waals surface area contributed by atoms with Crippen LogP contribution in [0.5, 0.6) is 0 Å². The van der Waals surface area contributed by atoms with Gasteiger partial charge in [0.05, 0.1) is 23.3 Å². The molecular weight excluding hydrogens is 427 g/mol. The molecule has 34 heavy (non-hydrogen) atoms. The number of hydrogen-bond acceptors (Lipinski definition) is 3. The molecule has 172 valence electrons. The minimum Gasteiger partial charge on any atom is -0.302 e. The molecule has 1 aliphatic carbocycles. The monoisotopic (exact) mass is 454 g/mol. The number of aliphatic imine (C=N–C) groups is 1. The molecule has 3 atom stereocenters. The molecule has 1 aliphatic heterocycles. The van der Waals surface area contributed by atoms with Crippen molar-refractivity contribution in [1.29, 1.82) is 0 Å². The maximum Gasteiger partial charge on any atom is 0.227 e. The van der Waals surface area contributed by atoms with Crippen molar-refractivity contribution in [2.75, 3.05) is 4.90 Å². The Morgan fingerprint density at radius 2 is 1.65 bits per heavy atom. The van der Waals surface area contributed by atoms with E-state index in [1.54, 1.807) is 17.0 Å². The Balaban J connectivity index is 1.67. The van der Waals surface area contributed by atoms with Crippen LogP contribution in [0.2, 0.25) is 0 Å². The molecule has 2 aliphatic rings. The molecule has 1 amide bonds. The van der Waals surface area contributed by atoms with Gasteiger partial charge >= 0.3 is 0 Å². The minimum absolute atomic E-state index is 0.0394. The first-order valence-electron chi connectivity index (χ1n) is 11.8. The van der Waals surface area contributed by atoms with Crippen LogP contribution < -0.4 is 4.90 Å². The second-order valence-electron chi connectivity index (χ2n) is 9.17. The van der Waals surface area contributed by atoms with Crippen molar-refractivity contribution >= 4 is 28.8 Å². The Bertz CT molecular complexity index is 1260. The summed E-state index contributed by atoms with van der Waals surface area (Å²) in [5.41, 5.74) is 5.19. The van der Waals surface area contributed by atoms with E-state index >= 15 is 0 Å². The van der Waals surface area contributed by atoms with Crippen molar-refractivity contribution in [3.8, 4) is 0 Å². The first-order valence-corrected chi connectivity index (χ1v) is 11.8. The third-order valence-corrected chi connectivity index (χ3v) is 6.94. The number of carbonyl (C=O) groups excluding carboxylic acids is 2. The number of ketones is 1. The van der Waals surface area contributed by atoms with E-state index in [0.29, 0.717) is 24.2 Å². The van der Waals surface area contributed by atoms with E-state index in [1.165, 1.54) is 17.7 Å². The zero-order valence-electron chi connectivity index (χ0n) is 19.4. The van der Waals surface area contributed by atoms with E-state index < -0.39 is 12.0 Å². The van der Waals surface area contributed by atoms with E-state index in [2.05, 4.69) is 24.3 Å². The molecule has 0 saturated heterocycles. The molecule has 0 N–H and O–H groups in total. The number of aryl methyl sites for hydroxylation is 1. The van der Waals surface area contributed by atoms with Gasteiger partial charge in [0, 0.05) is 18.6 Å². The fourth-order valence-corrected chi connectivity index (χ4v) is 5.23. The van der Waals surface area contributed by atoms with Crippen molar-refractivity contribution in [3.63, 3.8) is 0 Å². The average molecular weight is 455 g/mol. The van der Waals surface area contributed by atoms with Crippen LogP contribution >= 0.6 is 0 Å². The van der Waals surface area contributed by atoms with Gasteiger partial charge in [-0.1, -0.05) is 61.0 Å². The summed E-state index contributed by atoms with van der Waals surface area (Å²) in [6.45, 7) is 3.86. The number of amides is 1. The van der Waals surface area contributed by atoms with Crippen LogP contribution in [0.15, 0.2) is 77.8 Å². The molecule has 0 aromatic heterocycles. The Hall–Kier alpha value is -3.60. The van der Waals surface area contributed by atoms with Gasteiger partial charge in [0.15, 0.2) is 0 Å². The first kappa shape index (κ1) is 22.2. The van der Waals surface area contributed by atoms with Gasteiger partial charge in [-0.3, -0.25) is 14.6 Å². The smallest absolute Gasteiger partial charge is 0.227 e. The highest BCUT2D eigenvalue weighted by atomic mass is 19.1. The summed E-state index contributed by atoms with van der Waals surface area (Å²) in [7, 11) is 0. The summed E-state index contributed by atoms with van der Waals surface area (Å²) in [6.07, 6.45) is 1.31. The molecule has 5 heteroatoms. The summed E-state index contributed by atoms with van der Waals surface area (Å²) in [5, 5.41) is 0. The molecule has 0 radical (unpaired) electrons. The topological polar surface area (TPSA) is 49.7 Å². The number of carbonyl (C=O) groups is 2.